The molecule has 21 heavy (non-hydrogen) atoms. The highest BCUT2D eigenvalue weighted by atomic mass is 35.5. The van der Waals surface area contributed by atoms with Gasteiger partial charge in [-0.25, -0.2) is 4.98 Å². The van der Waals surface area contributed by atoms with Gasteiger partial charge in [0.2, 0.25) is 0 Å². The third-order valence-electron chi connectivity index (χ3n) is 3.77. The van der Waals surface area contributed by atoms with Gasteiger partial charge in [0.25, 0.3) is 0 Å². The molecule has 0 saturated heterocycles. The summed E-state index contributed by atoms with van der Waals surface area (Å²) >= 11 is 6.41. The van der Waals surface area contributed by atoms with Crippen LogP contribution in [0.3, 0.4) is 0 Å². The zero-order chi connectivity index (χ0) is 15.0. The molecule has 108 valence electrons. The van der Waals surface area contributed by atoms with Crippen LogP contribution in [0.15, 0.2) is 30.5 Å². The number of rotatable bonds is 2. The van der Waals surface area contributed by atoms with E-state index in [9.17, 15) is 0 Å². The fourth-order valence-electron chi connectivity index (χ4n) is 2.77. The molecule has 0 spiro atoms. The maximum absolute atomic E-state index is 7.61. The Kier molecular flexibility index (Phi) is 3.55. The standard InChI is InChI=1S/C16H17ClN4/c1-10-4-5-13-11(9-10)3-2-8-21(13)16-14(17)12(15(18)19)6-7-20-16/h4-7,9H,2-3,8H2,1H3,(H3,18,19). The first-order chi connectivity index (χ1) is 10.1. The van der Waals surface area contributed by atoms with Gasteiger partial charge < -0.3 is 10.6 Å². The predicted octanol–water partition coefficient (Wildman–Crippen LogP) is 3.41. The van der Waals surface area contributed by atoms with Crippen molar-refractivity contribution in [2.75, 3.05) is 11.4 Å². The summed E-state index contributed by atoms with van der Waals surface area (Å²) in [7, 11) is 0. The van der Waals surface area contributed by atoms with Gasteiger partial charge in [0, 0.05) is 24.0 Å². The van der Waals surface area contributed by atoms with Crippen LogP contribution in [0, 0.1) is 12.3 Å². The minimum absolute atomic E-state index is 0.0372. The lowest BCUT2D eigenvalue weighted by Crippen LogP contribution is -2.26. The smallest absolute Gasteiger partial charge is 0.152 e. The highest BCUT2D eigenvalue weighted by Crippen LogP contribution is 2.37. The van der Waals surface area contributed by atoms with Crippen molar-refractivity contribution < 1.29 is 0 Å². The number of nitrogens with one attached hydrogen (secondary N) is 1. The number of hydrogen-bond acceptors (Lipinski definition) is 3. The Bertz CT molecular complexity index is 711. The van der Waals surface area contributed by atoms with Crippen molar-refractivity contribution in [2.45, 2.75) is 19.8 Å². The molecular weight excluding hydrogens is 284 g/mol. The number of pyridine rings is 1. The van der Waals surface area contributed by atoms with Gasteiger partial charge in [0.1, 0.15) is 5.84 Å². The molecule has 1 aliphatic rings. The second-order valence-electron chi connectivity index (χ2n) is 5.30. The van der Waals surface area contributed by atoms with Gasteiger partial charge in [-0.05, 0) is 37.5 Å². The summed E-state index contributed by atoms with van der Waals surface area (Å²) in [4.78, 5) is 6.53. The summed E-state index contributed by atoms with van der Waals surface area (Å²) in [6.45, 7) is 2.96. The third-order valence-corrected chi connectivity index (χ3v) is 4.14. The second-order valence-corrected chi connectivity index (χ2v) is 5.68. The van der Waals surface area contributed by atoms with Crippen LogP contribution in [-0.2, 0) is 6.42 Å². The summed E-state index contributed by atoms with van der Waals surface area (Å²) < 4.78 is 0. The fraction of sp³-hybridized carbons (Fsp3) is 0.250. The van der Waals surface area contributed by atoms with Gasteiger partial charge in [-0.2, -0.15) is 0 Å². The Labute approximate surface area is 129 Å². The monoisotopic (exact) mass is 300 g/mol. The molecule has 0 amide bonds. The fourth-order valence-corrected chi connectivity index (χ4v) is 3.09. The molecule has 0 bridgehead atoms. The van der Waals surface area contributed by atoms with E-state index >= 15 is 0 Å². The largest absolute Gasteiger partial charge is 0.384 e. The van der Waals surface area contributed by atoms with E-state index in [1.807, 2.05) is 0 Å². The van der Waals surface area contributed by atoms with E-state index < -0.39 is 0 Å². The lowest BCUT2D eigenvalue weighted by Gasteiger charge is -2.31. The van der Waals surface area contributed by atoms with E-state index in [0.717, 1.165) is 25.1 Å². The number of hydrogen-bond donors (Lipinski definition) is 2. The first kappa shape index (κ1) is 13.9. The van der Waals surface area contributed by atoms with Crippen molar-refractivity contribution in [1.82, 2.24) is 4.98 Å². The zero-order valence-corrected chi connectivity index (χ0v) is 12.6. The Morgan fingerprint density at radius 2 is 2.19 bits per heavy atom. The molecule has 4 nitrogen and oxygen atoms in total. The average Bonchev–Trinajstić information content (AvgIpc) is 2.46. The molecule has 3 N–H and O–H groups in total. The van der Waals surface area contributed by atoms with E-state index in [-0.39, 0.29) is 5.84 Å². The summed E-state index contributed by atoms with van der Waals surface area (Å²) in [5, 5.41) is 8.05. The maximum atomic E-state index is 7.61. The van der Waals surface area contributed by atoms with Crippen molar-refractivity contribution in [2.24, 2.45) is 5.73 Å². The zero-order valence-electron chi connectivity index (χ0n) is 11.9. The van der Waals surface area contributed by atoms with Crippen LogP contribution in [0.1, 0.15) is 23.1 Å². The lowest BCUT2D eigenvalue weighted by atomic mass is 9.99. The summed E-state index contributed by atoms with van der Waals surface area (Å²) in [6, 6.07) is 8.10. The number of amidine groups is 1. The number of nitrogens with two attached hydrogens (primary N) is 1. The van der Waals surface area contributed by atoms with Crippen molar-refractivity contribution in [3.63, 3.8) is 0 Å². The Morgan fingerprint density at radius 1 is 1.38 bits per heavy atom. The first-order valence-electron chi connectivity index (χ1n) is 6.94. The van der Waals surface area contributed by atoms with Gasteiger partial charge in [-0.15, -0.1) is 0 Å². The van der Waals surface area contributed by atoms with Crippen LogP contribution >= 0.6 is 11.6 Å². The minimum Gasteiger partial charge on any atom is -0.384 e. The number of aryl methyl sites for hydroxylation is 2. The van der Waals surface area contributed by atoms with E-state index in [0.29, 0.717) is 16.4 Å². The van der Waals surface area contributed by atoms with Crippen LogP contribution < -0.4 is 10.6 Å². The summed E-state index contributed by atoms with van der Waals surface area (Å²) in [5.41, 5.74) is 9.82. The van der Waals surface area contributed by atoms with E-state index in [2.05, 4.69) is 35.0 Å². The Morgan fingerprint density at radius 3 is 2.95 bits per heavy atom. The van der Waals surface area contributed by atoms with Crippen molar-refractivity contribution >= 4 is 28.9 Å². The van der Waals surface area contributed by atoms with Gasteiger partial charge >= 0.3 is 0 Å². The molecule has 1 aliphatic heterocycles. The molecule has 5 heteroatoms. The van der Waals surface area contributed by atoms with E-state index in [1.54, 1.807) is 12.3 Å². The Balaban J connectivity index is 2.11. The van der Waals surface area contributed by atoms with Gasteiger partial charge in [-0.1, -0.05) is 29.3 Å². The van der Waals surface area contributed by atoms with E-state index in [1.165, 1.54) is 11.1 Å². The van der Waals surface area contributed by atoms with Crippen LogP contribution in [-0.4, -0.2) is 17.4 Å². The highest BCUT2D eigenvalue weighted by Gasteiger charge is 2.22. The normalized spacial score (nSPS) is 13.9. The number of benzene rings is 1. The molecule has 0 saturated carbocycles. The maximum Gasteiger partial charge on any atom is 0.152 e. The molecule has 0 unspecified atom stereocenters. The molecule has 2 heterocycles. The van der Waals surface area contributed by atoms with Crippen LogP contribution in [0.5, 0.6) is 0 Å². The lowest BCUT2D eigenvalue weighted by molar-refractivity contribution is 0.759. The molecule has 1 aromatic carbocycles. The molecule has 0 aliphatic carbocycles. The number of aromatic nitrogens is 1. The van der Waals surface area contributed by atoms with Crippen molar-refractivity contribution in [1.29, 1.82) is 5.41 Å². The summed E-state index contributed by atoms with van der Waals surface area (Å²) in [6.07, 6.45) is 3.77. The van der Waals surface area contributed by atoms with Gasteiger partial charge in [0.05, 0.1) is 5.02 Å². The first-order valence-corrected chi connectivity index (χ1v) is 7.31. The average molecular weight is 301 g/mol. The Hall–Kier alpha value is -2.07. The number of nitrogen functional groups attached to an aromatic ring is 1. The molecule has 0 radical (unpaired) electrons. The van der Waals surface area contributed by atoms with Gasteiger partial charge in [-0.3, -0.25) is 5.41 Å². The number of halogens is 1. The van der Waals surface area contributed by atoms with Gasteiger partial charge in [0.15, 0.2) is 5.82 Å². The third kappa shape index (κ3) is 2.47. The molecule has 0 atom stereocenters. The number of anilines is 2. The predicted molar refractivity (Wildman–Crippen MR) is 86.8 cm³/mol. The quantitative estimate of drug-likeness (QED) is 0.660. The molecule has 3 rings (SSSR count). The van der Waals surface area contributed by atoms with Crippen LogP contribution in [0.2, 0.25) is 5.02 Å². The molecule has 1 aromatic heterocycles. The van der Waals surface area contributed by atoms with Crippen LogP contribution in [0.4, 0.5) is 11.5 Å². The number of fused-ring (bicyclic) bond motifs is 1. The minimum atomic E-state index is -0.0372. The number of nitrogens with zero attached hydrogens (tertiary/aromatic N) is 2. The second kappa shape index (κ2) is 5.37. The molecule has 2 aromatic rings. The van der Waals surface area contributed by atoms with Crippen molar-refractivity contribution in [3.05, 3.63) is 52.2 Å². The SMILES string of the molecule is Cc1ccc2c(c1)CCCN2c1nccc(C(=N)N)c1Cl. The topological polar surface area (TPSA) is 66.0 Å². The summed E-state index contributed by atoms with van der Waals surface area (Å²) in [5.74, 6) is 0.638. The molecular formula is C16H17ClN4. The van der Waals surface area contributed by atoms with Crippen LogP contribution in [0.25, 0.3) is 0 Å². The van der Waals surface area contributed by atoms with Crippen molar-refractivity contribution in [3.8, 4) is 0 Å². The van der Waals surface area contributed by atoms with E-state index in [4.69, 9.17) is 22.7 Å². The molecule has 0 fully saturated rings. The highest BCUT2D eigenvalue weighted by molar-refractivity contribution is 6.36.